The van der Waals surface area contributed by atoms with Crippen molar-refractivity contribution < 1.29 is 19.4 Å². The molecule has 0 aliphatic heterocycles. The second-order valence-electron chi connectivity index (χ2n) is 6.26. The molecule has 0 spiro atoms. The van der Waals surface area contributed by atoms with Gasteiger partial charge >= 0.3 is 11.7 Å². The lowest BCUT2D eigenvalue weighted by molar-refractivity contribution is -0.139. The summed E-state index contributed by atoms with van der Waals surface area (Å²) in [6.07, 6.45) is 2.60. The van der Waals surface area contributed by atoms with E-state index in [0.717, 1.165) is 4.57 Å². The number of fused-ring (bicyclic) bond motifs is 1. The zero-order chi connectivity index (χ0) is 21.8. The Hall–Kier alpha value is -4.22. The third kappa shape index (κ3) is 4.11. The number of carboxylic acid groups (broad SMARTS) is 1. The number of nitrogens with one attached hydrogen (secondary N) is 1. The van der Waals surface area contributed by atoms with Crippen LogP contribution in [0.25, 0.3) is 11.2 Å². The number of benzene rings is 1. The number of nitrogens with zero attached hydrogens (tertiary/aromatic N) is 5. The van der Waals surface area contributed by atoms with E-state index >= 15 is 0 Å². The minimum absolute atomic E-state index is 0.117. The number of amides is 1. The molecule has 1 aromatic carbocycles. The molecular weight excluding hydrogens is 396 g/mol. The maximum Gasteiger partial charge on any atom is 0.341 e. The second kappa shape index (κ2) is 8.43. The average molecular weight is 414 g/mol. The summed E-state index contributed by atoms with van der Waals surface area (Å²) in [5, 5.41) is 12.6. The Morgan fingerprint density at radius 2 is 1.97 bits per heavy atom. The van der Waals surface area contributed by atoms with E-state index in [-0.39, 0.29) is 17.7 Å². The zero-order valence-electron chi connectivity index (χ0n) is 16.1. The van der Waals surface area contributed by atoms with Crippen molar-refractivity contribution in [2.45, 2.75) is 6.54 Å². The molecule has 2 heterocycles. The topological polar surface area (TPSA) is 150 Å². The van der Waals surface area contributed by atoms with E-state index < -0.39 is 29.7 Å². The van der Waals surface area contributed by atoms with E-state index in [0.29, 0.717) is 11.3 Å². The van der Waals surface area contributed by atoms with Gasteiger partial charge in [0.1, 0.15) is 12.3 Å². The quantitative estimate of drug-likeness (QED) is 0.374. The first-order valence-corrected chi connectivity index (χ1v) is 8.66. The molecule has 0 saturated carbocycles. The van der Waals surface area contributed by atoms with Crippen LogP contribution in [-0.4, -0.2) is 48.5 Å². The highest BCUT2D eigenvalue weighted by Gasteiger charge is 2.15. The fraction of sp³-hybridized carbons (Fsp3) is 0.222. The predicted octanol–water partition coefficient (Wildman–Crippen LogP) is -0.953. The van der Waals surface area contributed by atoms with Gasteiger partial charge in [0.25, 0.3) is 11.5 Å². The van der Waals surface area contributed by atoms with Crippen molar-refractivity contribution in [1.29, 1.82) is 0 Å². The van der Waals surface area contributed by atoms with Crippen LogP contribution in [0.3, 0.4) is 0 Å². The molecular formula is C18H18N6O6. The minimum atomic E-state index is -1.12. The summed E-state index contributed by atoms with van der Waals surface area (Å²) in [4.78, 5) is 51.3. The molecule has 0 unspecified atom stereocenters. The zero-order valence-corrected chi connectivity index (χ0v) is 16.1. The molecule has 0 saturated heterocycles. The number of ether oxygens (including phenoxy) is 1. The van der Waals surface area contributed by atoms with E-state index in [1.807, 2.05) is 0 Å². The molecule has 0 bridgehead atoms. The molecule has 1 amide bonds. The number of para-hydroxylation sites is 1. The molecule has 12 nitrogen and oxygen atoms in total. The standard InChI is InChI=1S/C18H18N6O6/c1-22-16-15(17(28)23(2)18(22)29)24(10-19-16)8-13(25)21-20-7-11-5-3-4-6-12(11)30-9-14(26)27/h3-7,10H,8-9H2,1-2H3,(H,21,25)(H,26,27). The van der Waals surface area contributed by atoms with E-state index in [2.05, 4.69) is 15.5 Å². The van der Waals surface area contributed by atoms with Gasteiger partial charge in [-0.15, -0.1) is 0 Å². The Morgan fingerprint density at radius 3 is 2.70 bits per heavy atom. The molecule has 0 aliphatic rings. The lowest BCUT2D eigenvalue weighted by atomic mass is 10.2. The van der Waals surface area contributed by atoms with Gasteiger partial charge in [0, 0.05) is 19.7 Å². The van der Waals surface area contributed by atoms with Crippen molar-refractivity contribution in [3.05, 3.63) is 57.0 Å². The molecule has 2 aromatic heterocycles. The Morgan fingerprint density at radius 1 is 1.23 bits per heavy atom. The number of hydrogen-bond acceptors (Lipinski definition) is 7. The summed E-state index contributed by atoms with van der Waals surface area (Å²) in [7, 11) is 2.82. The second-order valence-corrected chi connectivity index (χ2v) is 6.26. The van der Waals surface area contributed by atoms with Gasteiger partial charge in [-0.1, -0.05) is 12.1 Å². The molecule has 0 fully saturated rings. The first-order valence-electron chi connectivity index (χ1n) is 8.66. The molecule has 3 aromatic rings. The van der Waals surface area contributed by atoms with Gasteiger partial charge in [-0.05, 0) is 12.1 Å². The normalized spacial score (nSPS) is 11.1. The average Bonchev–Trinajstić information content (AvgIpc) is 3.13. The van der Waals surface area contributed by atoms with Crippen LogP contribution in [-0.2, 0) is 30.2 Å². The van der Waals surface area contributed by atoms with Crippen LogP contribution >= 0.6 is 0 Å². The largest absolute Gasteiger partial charge is 0.481 e. The number of carbonyl (C=O) groups excluding carboxylic acids is 1. The lowest BCUT2D eigenvalue weighted by Gasteiger charge is -2.07. The van der Waals surface area contributed by atoms with Crippen LogP contribution in [0.2, 0.25) is 0 Å². The molecule has 30 heavy (non-hydrogen) atoms. The number of aliphatic carboxylic acids is 1. The van der Waals surface area contributed by atoms with E-state index in [1.165, 1.54) is 35.8 Å². The SMILES string of the molecule is Cn1c(=O)c2c(ncn2CC(=O)NN=Cc2ccccc2OCC(=O)O)n(C)c1=O. The van der Waals surface area contributed by atoms with E-state index in [4.69, 9.17) is 9.84 Å². The Kier molecular flexibility index (Phi) is 5.76. The van der Waals surface area contributed by atoms with Gasteiger partial charge < -0.3 is 14.4 Å². The van der Waals surface area contributed by atoms with Crippen molar-refractivity contribution in [3.8, 4) is 5.75 Å². The van der Waals surface area contributed by atoms with Crippen LogP contribution < -0.4 is 21.4 Å². The minimum Gasteiger partial charge on any atom is -0.481 e. The molecule has 0 atom stereocenters. The number of aryl methyl sites for hydroxylation is 1. The van der Waals surface area contributed by atoms with E-state index in [9.17, 15) is 19.2 Å². The number of imidazole rings is 1. The van der Waals surface area contributed by atoms with Crippen LogP contribution in [0, 0.1) is 0 Å². The van der Waals surface area contributed by atoms with Gasteiger partial charge in [0.05, 0.1) is 12.5 Å². The summed E-state index contributed by atoms with van der Waals surface area (Å²) in [6.45, 7) is -0.763. The van der Waals surface area contributed by atoms with Crippen molar-refractivity contribution in [2.75, 3.05) is 6.61 Å². The van der Waals surface area contributed by atoms with Gasteiger partial charge in [0.2, 0.25) is 0 Å². The summed E-state index contributed by atoms with van der Waals surface area (Å²) >= 11 is 0. The van der Waals surface area contributed by atoms with Crippen LogP contribution in [0.4, 0.5) is 0 Å². The highest BCUT2D eigenvalue weighted by molar-refractivity contribution is 5.85. The number of carbonyl (C=O) groups is 2. The summed E-state index contributed by atoms with van der Waals surface area (Å²) in [5.41, 5.74) is 1.99. The Balaban J connectivity index is 1.74. The molecule has 3 rings (SSSR count). The number of hydrogen-bond donors (Lipinski definition) is 2. The number of rotatable bonds is 7. The smallest absolute Gasteiger partial charge is 0.341 e. The predicted molar refractivity (Wildman–Crippen MR) is 106 cm³/mol. The molecule has 12 heteroatoms. The lowest BCUT2D eigenvalue weighted by Crippen LogP contribution is -2.38. The van der Waals surface area contributed by atoms with Gasteiger partial charge in [-0.3, -0.25) is 18.7 Å². The van der Waals surface area contributed by atoms with Crippen molar-refractivity contribution in [1.82, 2.24) is 24.1 Å². The fourth-order valence-electron chi connectivity index (χ4n) is 2.74. The Labute approximate surface area is 168 Å². The van der Waals surface area contributed by atoms with Crippen LogP contribution in [0.5, 0.6) is 5.75 Å². The third-order valence-electron chi connectivity index (χ3n) is 4.19. The molecule has 0 aliphatic carbocycles. The summed E-state index contributed by atoms with van der Waals surface area (Å²) < 4.78 is 8.63. The molecule has 2 N–H and O–H groups in total. The monoisotopic (exact) mass is 414 g/mol. The summed E-state index contributed by atoms with van der Waals surface area (Å²) in [5.74, 6) is -1.36. The van der Waals surface area contributed by atoms with Gasteiger partial charge in [-0.25, -0.2) is 20.0 Å². The fourth-order valence-corrected chi connectivity index (χ4v) is 2.74. The number of carboxylic acids is 1. The highest BCUT2D eigenvalue weighted by atomic mass is 16.5. The maximum atomic E-state index is 12.4. The maximum absolute atomic E-state index is 12.4. The summed E-state index contributed by atoms with van der Waals surface area (Å²) in [6, 6.07) is 6.59. The van der Waals surface area contributed by atoms with Crippen LogP contribution in [0.15, 0.2) is 45.3 Å². The molecule has 0 radical (unpaired) electrons. The first kappa shape index (κ1) is 20.5. The Bertz CT molecular complexity index is 1270. The number of aromatic nitrogens is 4. The van der Waals surface area contributed by atoms with Gasteiger partial charge in [-0.2, -0.15) is 5.10 Å². The van der Waals surface area contributed by atoms with Crippen molar-refractivity contribution in [2.24, 2.45) is 19.2 Å². The van der Waals surface area contributed by atoms with Crippen molar-refractivity contribution in [3.63, 3.8) is 0 Å². The first-order chi connectivity index (χ1) is 14.3. The van der Waals surface area contributed by atoms with Crippen molar-refractivity contribution >= 4 is 29.3 Å². The van der Waals surface area contributed by atoms with Crippen LogP contribution in [0.1, 0.15) is 5.56 Å². The van der Waals surface area contributed by atoms with E-state index in [1.54, 1.807) is 24.3 Å². The third-order valence-corrected chi connectivity index (χ3v) is 4.19. The highest BCUT2D eigenvalue weighted by Crippen LogP contribution is 2.15. The molecule has 156 valence electrons. The number of hydrazone groups is 1. The van der Waals surface area contributed by atoms with Gasteiger partial charge in [0.15, 0.2) is 17.8 Å².